The molecule has 21 heavy (non-hydrogen) atoms. The molecule has 0 unspecified atom stereocenters. The fourth-order valence-electron chi connectivity index (χ4n) is 1.98. The number of nitrogens with one attached hydrogen (secondary N) is 1. The highest BCUT2D eigenvalue weighted by Crippen LogP contribution is 2.19. The van der Waals surface area contributed by atoms with Crippen LogP contribution in [0.25, 0.3) is 0 Å². The number of hydrogen-bond donors (Lipinski definition) is 2. The lowest BCUT2D eigenvalue weighted by Gasteiger charge is -2.14. The van der Waals surface area contributed by atoms with E-state index in [0.717, 1.165) is 32.1 Å². The molecule has 0 aliphatic rings. The van der Waals surface area contributed by atoms with Crippen molar-refractivity contribution in [2.45, 2.75) is 64.8 Å². The van der Waals surface area contributed by atoms with Crippen molar-refractivity contribution >= 4 is 11.8 Å². The fraction of sp³-hybridized carbons (Fsp3) is 0.714. The molecule has 1 aromatic rings. The van der Waals surface area contributed by atoms with Gasteiger partial charge in [-0.05, 0) is 12.8 Å². The number of unbranched alkanes of at least 4 members (excludes halogenated alkanes) is 2. The Morgan fingerprint density at radius 1 is 1.24 bits per heavy atom. The molecule has 2 amide bonds. The number of carbonyl (C=O) groups is 2. The van der Waals surface area contributed by atoms with Crippen molar-refractivity contribution in [3.8, 4) is 0 Å². The number of nitrogens with two attached hydrogens (primary N) is 1. The molecule has 1 aromatic heterocycles. The lowest BCUT2D eigenvalue weighted by atomic mass is 10.1. The molecular weight excluding hydrogens is 272 g/mol. The number of nitrogens with zero attached hydrogens (tertiary/aromatic N) is 2. The zero-order chi connectivity index (χ0) is 15.7. The molecule has 1 rings (SSSR count). The standard InChI is InChI=1S/C14H24N4O3/c1-3-5-6-8-10(16-12(20)7-4-2)14-18-17-13(21-14)9-11(15)19/h10H,3-9H2,1-2H3,(H2,15,19)(H,16,20)/t10-/m0/s1. The van der Waals surface area contributed by atoms with E-state index in [1.807, 2.05) is 6.92 Å². The van der Waals surface area contributed by atoms with Crippen LogP contribution in [0.3, 0.4) is 0 Å². The predicted molar refractivity (Wildman–Crippen MR) is 77.1 cm³/mol. The highest BCUT2D eigenvalue weighted by molar-refractivity contribution is 5.76. The van der Waals surface area contributed by atoms with Crippen molar-refractivity contribution in [3.05, 3.63) is 11.8 Å². The first-order valence-electron chi connectivity index (χ1n) is 7.46. The minimum atomic E-state index is -0.525. The Balaban J connectivity index is 2.71. The predicted octanol–water partition coefficient (Wildman–Crippen LogP) is 1.64. The van der Waals surface area contributed by atoms with Gasteiger partial charge in [0.25, 0.3) is 0 Å². The molecule has 0 spiro atoms. The first-order chi connectivity index (χ1) is 10.1. The van der Waals surface area contributed by atoms with Gasteiger partial charge in [-0.25, -0.2) is 0 Å². The summed E-state index contributed by atoms with van der Waals surface area (Å²) in [5, 5.41) is 10.6. The Morgan fingerprint density at radius 2 is 2.00 bits per heavy atom. The van der Waals surface area contributed by atoms with Crippen LogP contribution in [0, 0.1) is 0 Å². The zero-order valence-electron chi connectivity index (χ0n) is 12.7. The number of primary amides is 1. The summed E-state index contributed by atoms with van der Waals surface area (Å²) in [6.45, 7) is 4.06. The van der Waals surface area contributed by atoms with Crippen LogP contribution in [0.1, 0.15) is 70.2 Å². The Hall–Kier alpha value is -1.92. The van der Waals surface area contributed by atoms with Crippen LogP contribution in [0.15, 0.2) is 4.42 Å². The number of aromatic nitrogens is 2. The molecule has 0 fully saturated rings. The van der Waals surface area contributed by atoms with Gasteiger partial charge in [0.1, 0.15) is 12.5 Å². The summed E-state index contributed by atoms with van der Waals surface area (Å²) < 4.78 is 5.43. The fourth-order valence-corrected chi connectivity index (χ4v) is 1.98. The van der Waals surface area contributed by atoms with Gasteiger partial charge in [0, 0.05) is 6.42 Å². The van der Waals surface area contributed by atoms with Gasteiger partial charge < -0.3 is 15.5 Å². The molecule has 7 heteroatoms. The van der Waals surface area contributed by atoms with Crippen LogP contribution >= 0.6 is 0 Å². The molecule has 0 aliphatic carbocycles. The molecule has 0 radical (unpaired) electrons. The lowest BCUT2D eigenvalue weighted by molar-refractivity contribution is -0.122. The molecule has 1 heterocycles. The average molecular weight is 296 g/mol. The summed E-state index contributed by atoms with van der Waals surface area (Å²) >= 11 is 0. The maximum Gasteiger partial charge on any atom is 0.238 e. The van der Waals surface area contributed by atoms with Gasteiger partial charge >= 0.3 is 0 Å². The number of rotatable bonds is 10. The summed E-state index contributed by atoms with van der Waals surface area (Å²) in [7, 11) is 0. The summed E-state index contributed by atoms with van der Waals surface area (Å²) in [5.41, 5.74) is 5.09. The Labute approximate surface area is 124 Å². The monoisotopic (exact) mass is 296 g/mol. The van der Waals surface area contributed by atoms with E-state index in [4.69, 9.17) is 10.2 Å². The third-order valence-electron chi connectivity index (χ3n) is 3.01. The van der Waals surface area contributed by atoms with E-state index in [0.29, 0.717) is 12.3 Å². The van der Waals surface area contributed by atoms with Gasteiger partial charge in [-0.2, -0.15) is 0 Å². The molecule has 1 atom stereocenters. The largest absolute Gasteiger partial charge is 0.422 e. The van der Waals surface area contributed by atoms with Crippen molar-refractivity contribution in [1.82, 2.24) is 15.5 Å². The summed E-state index contributed by atoms with van der Waals surface area (Å²) in [6, 6.07) is -0.301. The van der Waals surface area contributed by atoms with Gasteiger partial charge in [0.15, 0.2) is 0 Å². The summed E-state index contributed by atoms with van der Waals surface area (Å²) in [5.74, 6) is -0.0362. The first-order valence-corrected chi connectivity index (χ1v) is 7.46. The van der Waals surface area contributed by atoms with Crippen molar-refractivity contribution in [2.75, 3.05) is 0 Å². The third kappa shape index (κ3) is 6.37. The molecule has 3 N–H and O–H groups in total. The van der Waals surface area contributed by atoms with E-state index >= 15 is 0 Å². The van der Waals surface area contributed by atoms with Gasteiger partial charge in [0.05, 0.1) is 0 Å². The van der Waals surface area contributed by atoms with Crippen LogP contribution in [0.4, 0.5) is 0 Å². The molecule has 118 valence electrons. The van der Waals surface area contributed by atoms with Crippen LogP contribution in [-0.2, 0) is 16.0 Å². The second kappa shape index (κ2) is 9.10. The van der Waals surface area contributed by atoms with Crippen molar-refractivity contribution in [1.29, 1.82) is 0 Å². The second-order valence-corrected chi connectivity index (χ2v) is 5.04. The van der Waals surface area contributed by atoms with Gasteiger partial charge in [-0.3, -0.25) is 9.59 Å². The first kappa shape index (κ1) is 17.1. The molecule has 0 saturated heterocycles. The molecule has 0 aromatic carbocycles. The normalized spacial score (nSPS) is 12.1. The number of hydrogen-bond acceptors (Lipinski definition) is 5. The maximum atomic E-state index is 11.8. The van der Waals surface area contributed by atoms with Gasteiger partial charge in [-0.15, -0.1) is 10.2 Å². The van der Waals surface area contributed by atoms with E-state index < -0.39 is 5.91 Å². The summed E-state index contributed by atoms with van der Waals surface area (Å²) in [6.07, 6.45) is 5.02. The van der Waals surface area contributed by atoms with E-state index in [9.17, 15) is 9.59 Å². The molecule has 0 saturated carbocycles. The van der Waals surface area contributed by atoms with E-state index in [2.05, 4.69) is 22.4 Å². The SMILES string of the molecule is CCCCC[C@H](NC(=O)CCC)c1nnc(CC(N)=O)o1. The zero-order valence-corrected chi connectivity index (χ0v) is 12.7. The number of carbonyl (C=O) groups excluding carboxylic acids is 2. The van der Waals surface area contributed by atoms with Gasteiger partial charge in [0.2, 0.25) is 23.6 Å². The third-order valence-corrected chi connectivity index (χ3v) is 3.01. The molecule has 7 nitrogen and oxygen atoms in total. The van der Waals surface area contributed by atoms with Crippen molar-refractivity contribution in [2.24, 2.45) is 5.73 Å². The smallest absolute Gasteiger partial charge is 0.238 e. The second-order valence-electron chi connectivity index (χ2n) is 5.04. The Bertz CT molecular complexity index is 459. The van der Waals surface area contributed by atoms with Crippen molar-refractivity contribution < 1.29 is 14.0 Å². The lowest BCUT2D eigenvalue weighted by Crippen LogP contribution is -2.28. The Kier molecular flexibility index (Phi) is 7.42. The molecule has 0 bridgehead atoms. The minimum Gasteiger partial charge on any atom is -0.422 e. The van der Waals surface area contributed by atoms with Crippen LogP contribution in [-0.4, -0.2) is 22.0 Å². The van der Waals surface area contributed by atoms with Crippen LogP contribution < -0.4 is 11.1 Å². The molecule has 0 aliphatic heterocycles. The van der Waals surface area contributed by atoms with E-state index in [1.54, 1.807) is 0 Å². The molecular formula is C14H24N4O3. The van der Waals surface area contributed by atoms with Crippen LogP contribution in [0.2, 0.25) is 0 Å². The Morgan fingerprint density at radius 3 is 2.62 bits per heavy atom. The highest BCUT2D eigenvalue weighted by atomic mass is 16.4. The minimum absolute atomic E-state index is 0.0337. The average Bonchev–Trinajstić information content (AvgIpc) is 2.85. The van der Waals surface area contributed by atoms with E-state index in [1.165, 1.54) is 0 Å². The maximum absolute atomic E-state index is 11.8. The van der Waals surface area contributed by atoms with E-state index in [-0.39, 0.29) is 24.3 Å². The summed E-state index contributed by atoms with van der Waals surface area (Å²) in [4.78, 5) is 22.6. The van der Waals surface area contributed by atoms with Crippen molar-refractivity contribution in [3.63, 3.8) is 0 Å². The highest BCUT2D eigenvalue weighted by Gasteiger charge is 2.20. The topological polar surface area (TPSA) is 111 Å². The quantitative estimate of drug-likeness (QED) is 0.637. The number of amides is 2. The van der Waals surface area contributed by atoms with Crippen LogP contribution in [0.5, 0.6) is 0 Å². The van der Waals surface area contributed by atoms with Gasteiger partial charge in [-0.1, -0.05) is 33.1 Å².